The molecule has 1 aliphatic heterocycles. The first-order chi connectivity index (χ1) is 14.0. The van der Waals surface area contributed by atoms with Gasteiger partial charge in [-0.25, -0.2) is 0 Å². The molecule has 0 N–H and O–H groups in total. The highest BCUT2D eigenvalue weighted by molar-refractivity contribution is 9.10. The summed E-state index contributed by atoms with van der Waals surface area (Å²) in [5, 5.41) is 0. The molecule has 1 atom stereocenters. The number of carbonyl (C=O) groups excluding carboxylic acids is 1. The Morgan fingerprint density at radius 2 is 1.76 bits per heavy atom. The van der Waals surface area contributed by atoms with Gasteiger partial charge in [-0.1, -0.05) is 15.9 Å². The van der Waals surface area contributed by atoms with Crippen molar-refractivity contribution in [2.75, 3.05) is 34.5 Å². The SMILES string of the molecule is COc1cc(CN(C[C@H]2CCCO2)C(=O)c2ccc(Br)cc2)cc(OC)c1OC. The highest BCUT2D eigenvalue weighted by Crippen LogP contribution is 2.38. The van der Waals surface area contributed by atoms with Crippen molar-refractivity contribution in [3.63, 3.8) is 0 Å². The largest absolute Gasteiger partial charge is 0.493 e. The van der Waals surface area contributed by atoms with E-state index in [1.807, 2.05) is 41.3 Å². The zero-order valence-electron chi connectivity index (χ0n) is 16.9. The molecule has 156 valence electrons. The van der Waals surface area contributed by atoms with Crippen LogP contribution in [0.5, 0.6) is 17.2 Å². The van der Waals surface area contributed by atoms with E-state index in [2.05, 4.69) is 15.9 Å². The maximum absolute atomic E-state index is 13.2. The van der Waals surface area contributed by atoms with Gasteiger partial charge in [0.15, 0.2) is 11.5 Å². The Morgan fingerprint density at radius 1 is 1.10 bits per heavy atom. The molecule has 3 rings (SSSR count). The first-order valence-corrected chi connectivity index (χ1v) is 10.3. The number of rotatable bonds is 8. The lowest BCUT2D eigenvalue weighted by molar-refractivity contribution is 0.0507. The minimum atomic E-state index is -0.0400. The standard InChI is InChI=1S/C22H26BrNO5/c1-26-19-11-15(12-20(27-2)21(19)28-3)13-24(14-18-5-4-10-29-18)22(25)16-6-8-17(23)9-7-16/h6-9,11-12,18H,4-5,10,13-14H2,1-3H3/t18-/m1/s1. The summed E-state index contributed by atoms with van der Waals surface area (Å²) >= 11 is 3.42. The average Bonchev–Trinajstić information content (AvgIpc) is 3.25. The van der Waals surface area contributed by atoms with Crippen molar-refractivity contribution in [3.05, 3.63) is 52.0 Å². The maximum Gasteiger partial charge on any atom is 0.254 e. The van der Waals surface area contributed by atoms with E-state index in [0.29, 0.717) is 35.9 Å². The van der Waals surface area contributed by atoms with Gasteiger partial charge in [-0.2, -0.15) is 0 Å². The van der Waals surface area contributed by atoms with E-state index in [4.69, 9.17) is 18.9 Å². The van der Waals surface area contributed by atoms with Crippen LogP contribution in [0.2, 0.25) is 0 Å². The molecule has 1 saturated heterocycles. The Morgan fingerprint density at radius 3 is 2.28 bits per heavy atom. The van der Waals surface area contributed by atoms with Crippen molar-refractivity contribution in [2.24, 2.45) is 0 Å². The molecule has 6 nitrogen and oxygen atoms in total. The quantitative estimate of drug-likeness (QED) is 0.584. The topological polar surface area (TPSA) is 57.2 Å². The van der Waals surface area contributed by atoms with Gasteiger partial charge in [0.1, 0.15) is 0 Å². The van der Waals surface area contributed by atoms with Gasteiger partial charge in [-0.3, -0.25) is 4.79 Å². The summed E-state index contributed by atoms with van der Waals surface area (Å²) in [6.45, 7) is 1.69. The molecular formula is C22H26BrNO5. The molecule has 0 aliphatic carbocycles. The predicted octanol–water partition coefficient (Wildman–Crippen LogP) is 4.30. The molecule has 0 bridgehead atoms. The molecule has 0 aromatic heterocycles. The molecule has 29 heavy (non-hydrogen) atoms. The van der Waals surface area contributed by atoms with Crippen LogP contribution < -0.4 is 14.2 Å². The Balaban J connectivity index is 1.89. The normalized spacial score (nSPS) is 15.8. The zero-order chi connectivity index (χ0) is 20.8. The van der Waals surface area contributed by atoms with Crippen LogP contribution in [0.15, 0.2) is 40.9 Å². The van der Waals surface area contributed by atoms with Crippen molar-refractivity contribution < 1.29 is 23.7 Å². The lowest BCUT2D eigenvalue weighted by Gasteiger charge is -2.26. The van der Waals surface area contributed by atoms with E-state index in [0.717, 1.165) is 29.5 Å². The second-order valence-electron chi connectivity index (χ2n) is 6.86. The van der Waals surface area contributed by atoms with Crippen LogP contribution in [0.3, 0.4) is 0 Å². The molecule has 2 aromatic carbocycles. The van der Waals surface area contributed by atoms with Crippen molar-refractivity contribution in [1.82, 2.24) is 4.90 Å². The smallest absolute Gasteiger partial charge is 0.254 e. The number of amides is 1. The molecule has 0 unspecified atom stereocenters. The van der Waals surface area contributed by atoms with E-state index < -0.39 is 0 Å². The number of hydrogen-bond acceptors (Lipinski definition) is 5. The van der Waals surface area contributed by atoms with Crippen LogP contribution in [0.25, 0.3) is 0 Å². The number of carbonyl (C=O) groups is 1. The van der Waals surface area contributed by atoms with Crippen molar-refractivity contribution in [3.8, 4) is 17.2 Å². The van der Waals surface area contributed by atoms with Crippen molar-refractivity contribution in [2.45, 2.75) is 25.5 Å². The van der Waals surface area contributed by atoms with Gasteiger partial charge in [0.25, 0.3) is 5.91 Å². The molecule has 0 spiro atoms. The van der Waals surface area contributed by atoms with E-state index in [1.54, 1.807) is 21.3 Å². The summed E-state index contributed by atoms with van der Waals surface area (Å²) in [6.07, 6.45) is 2.03. The van der Waals surface area contributed by atoms with Gasteiger partial charge in [0.05, 0.1) is 27.4 Å². The number of halogens is 1. The molecule has 1 fully saturated rings. The Hall–Kier alpha value is -2.25. The fourth-order valence-electron chi connectivity index (χ4n) is 3.48. The van der Waals surface area contributed by atoms with E-state index in [1.165, 1.54) is 0 Å². The molecule has 1 heterocycles. The summed E-state index contributed by atoms with van der Waals surface area (Å²) < 4.78 is 23.0. The van der Waals surface area contributed by atoms with Crippen molar-refractivity contribution in [1.29, 1.82) is 0 Å². The number of methoxy groups -OCH3 is 3. The molecular weight excluding hydrogens is 438 g/mol. The Kier molecular flexibility index (Phi) is 7.39. The summed E-state index contributed by atoms with van der Waals surface area (Å²) in [5.41, 5.74) is 1.53. The lowest BCUT2D eigenvalue weighted by Crippen LogP contribution is -2.37. The Labute approximate surface area is 179 Å². The van der Waals surface area contributed by atoms with Crippen LogP contribution in [0.4, 0.5) is 0 Å². The predicted molar refractivity (Wildman–Crippen MR) is 114 cm³/mol. The van der Waals surface area contributed by atoms with Gasteiger partial charge in [-0.15, -0.1) is 0 Å². The third-order valence-electron chi connectivity index (χ3n) is 4.92. The van der Waals surface area contributed by atoms with Crippen LogP contribution in [0, 0.1) is 0 Å². The number of ether oxygens (including phenoxy) is 4. The van der Waals surface area contributed by atoms with Crippen LogP contribution >= 0.6 is 15.9 Å². The summed E-state index contributed by atoms with van der Waals surface area (Å²) in [7, 11) is 4.73. The number of benzene rings is 2. The molecule has 1 amide bonds. The van der Waals surface area contributed by atoms with Gasteiger partial charge >= 0.3 is 0 Å². The van der Waals surface area contributed by atoms with E-state index >= 15 is 0 Å². The highest BCUT2D eigenvalue weighted by Gasteiger charge is 2.25. The summed E-state index contributed by atoms with van der Waals surface area (Å²) in [5.74, 6) is 1.62. The van der Waals surface area contributed by atoms with Gasteiger partial charge < -0.3 is 23.8 Å². The summed E-state index contributed by atoms with van der Waals surface area (Å²) in [6, 6.07) is 11.1. The minimum Gasteiger partial charge on any atom is -0.493 e. The highest BCUT2D eigenvalue weighted by atomic mass is 79.9. The van der Waals surface area contributed by atoms with Crippen LogP contribution in [-0.4, -0.2) is 51.4 Å². The average molecular weight is 464 g/mol. The first kappa shape index (κ1) is 21.5. The minimum absolute atomic E-state index is 0.0400. The van der Waals surface area contributed by atoms with E-state index in [9.17, 15) is 4.79 Å². The van der Waals surface area contributed by atoms with Crippen LogP contribution in [0.1, 0.15) is 28.8 Å². The van der Waals surface area contributed by atoms with Gasteiger partial charge in [0, 0.05) is 29.7 Å². The molecule has 0 saturated carbocycles. The third-order valence-corrected chi connectivity index (χ3v) is 5.45. The molecule has 1 aliphatic rings. The second kappa shape index (κ2) is 9.98. The zero-order valence-corrected chi connectivity index (χ0v) is 18.5. The third kappa shape index (κ3) is 5.22. The fourth-order valence-corrected chi connectivity index (χ4v) is 3.74. The summed E-state index contributed by atoms with van der Waals surface area (Å²) in [4.78, 5) is 15.1. The second-order valence-corrected chi connectivity index (χ2v) is 7.78. The van der Waals surface area contributed by atoms with E-state index in [-0.39, 0.29) is 12.0 Å². The van der Waals surface area contributed by atoms with Gasteiger partial charge in [0.2, 0.25) is 5.75 Å². The first-order valence-electron chi connectivity index (χ1n) is 9.51. The molecule has 7 heteroatoms. The maximum atomic E-state index is 13.2. The van der Waals surface area contributed by atoms with Crippen LogP contribution in [-0.2, 0) is 11.3 Å². The fraction of sp³-hybridized carbons (Fsp3) is 0.409. The monoisotopic (exact) mass is 463 g/mol. The number of nitrogens with zero attached hydrogens (tertiary/aromatic N) is 1. The number of hydrogen-bond donors (Lipinski definition) is 0. The lowest BCUT2D eigenvalue weighted by atomic mass is 10.1. The van der Waals surface area contributed by atoms with Gasteiger partial charge in [-0.05, 0) is 54.8 Å². The van der Waals surface area contributed by atoms with Crippen molar-refractivity contribution >= 4 is 21.8 Å². The molecule has 0 radical (unpaired) electrons. The molecule has 2 aromatic rings. The Bertz CT molecular complexity index is 809.